The number of aliphatic hydroxyl groups is 1. The number of carbonyl (C=O) groups excluding carboxylic acids is 1. The number of phenols is 1. The lowest BCUT2D eigenvalue weighted by molar-refractivity contribution is 0.0762. The highest BCUT2D eigenvalue weighted by molar-refractivity contribution is 6.33. The van der Waals surface area contributed by atoms with Gasteiger partial charge >= 0.3 is 0 Å². The van der Waals surface area contributed by atoms with E-state index in [0.29, 0.717) is 23.7 Å². The zero-order valence-corrected chi connectivity index (χ0v) is 10.9. The molecule has 1 fully saturated rings. The van der Waals surface area contributed by atoms with Crippen LogP contribution >= 0.6 is 11.6 Å². The molecule has 0 bridgehead atoms. The second-order valence-corrected chi connectivity index (χ2v) is 5.11. The summed E-state index contributed by atoms with van der Waals surface area (Å²) >= 11 is 5.96. The van der Waals surface area contributed by atoms with Gasteiger partial charge in [0.05, 0.1) is 16.7 Å². The van der Waals surface area contributed by atoms with Crippen molar-refractivity contribution in [3.8, 4) is 5.75 Å². The third-order valence-electron chi connectivity index (χ3n) is 3.37. The number of aromatic hydroxyl groups is 1. The second kappa shape index (κ2) is 5.16. The molecule has 1 amide bonds. The standard InChI is InChI=1S/C13H16ClNO3/c1-8(16)9-4-5-15(7-9)13(18)11-6-10(17)2-3-12(11)14/h2-3,6,8-9,16-17H,4-5,7H2,1H3. The maximum Gasteiger partial charge on any atom is 0.255 e. The molecular weight excluding hydrogens is 254 g/mol. The second-order valence-electron chi connectivity index (χ2n) is 4.70. The Morgan fingerprint density at radius 3 is 2.89 bits per heavy atom. The Kier molecular flexibility index (Phi) is 3.78. The van der Waals surface area contributed by atoms with Crippen LogP contribution in [-0.2, 0) is 0 Å². The molecule has 5 heteroatoms. The van der Waals surface area contributed by atoms with Gasteiger partial charge in [-0.05, 0) is 31.5 Å². The summed E-state index contributed by atoms with van der Waals surface area (Å²) in [5, 5.41) is 19.2. The Hall–Kier alpha value is -1.26. The van der Waals surface area contributed by atoms with E-state index in [0.717, 1.165) is 6.42 Å². The van der Waals surface area contributed by atoms with E-state index < -0.39 is 6.10 Å². The van der Waals surface area contributed by atoms with E-state index in [1.54, 1.807) is 11.8 Å². The molecule has 18 heavy (non-hydrogen) atoms. The van der Waals surface area contributed by atoms with Gasteiger partial charge in [0.15, 0.2) is 0 Å². The lowest BCUT2D eigenvalue weighted by Crippen LogP contribution is -2.30. The molecular formula is C13H16ClNO3. The fourth-order valence-corrected chi connectivity index (χ4v) is 2.41. The molecule has 0 saturated carbocycles. The molecule has 0 radical (unpaired) electrons. The molecule has 1 aliphatic heterocycles. The normalized spacial score (nSPS) is 21.1. The quantitative estimate of drug-likeness (QED) is 0.862. The zero-order chi connectivity index (χ0) is 13.3. The Labute approximate surface area is 111 Å². The number of benzene rings is 1. The molecule has 1 saturated heterocycles. The van der Waals surface area contributed by atoms with Crippen molar-refractivity contribution in [2.45, 2.75) is 19.4 Å². The van der Waals surface area contributed by atoms with Gasteiger partial charge in [-0.2, -0.15) is 0 Å². The van der Waals surface area contributed by atoms with E-state index >= 15 is 0 Å². The van der Waals surface area contributed by atoms with E-state index in [9.17, 15) is 15.0 Å². The van der Waals surface area contributed by atoms with Crippen molar-refractivity contribution >= 4 is 17.5 Å². The number of phenolic OH excluding ortho intramolecular Hbond substituents is 1. The summed E-state index contributed by atoms with van der Waals surface area (Å²) < 4.78 is 0. The lowest BCUT2D eigenvalue weighted by Gasteiger charge is -2.18. The molecule has 2 N–H and O–H groups in total. The first-order valence-corrected chi connectivity index (χ1v) is 6.32. The summed E-state index contributed by atoms with van der Waals surface area (Å²) in [6.45, 7) is 2.88. The molecule has 0 aromatic heterocycles. The van der Waals surface area contributed by atoms with Crippen LogP contribution in [0.2, 0.25) is 5.02 Å². The average Bonchev–Trinajstić information content (AvgIpc) is 2.81. The van der Waals surface area contributed by atoms with Gasteiger partial charge in [0, 0.05) is 19.0 Å². The van der Waals surface area contributed by atoms with Crippen molar-refractivity contribution in [2.75, 3.05) is 13.1 Å². The first-order valence-electron chi connectivity index (χ1n) is 5.95. The number of likely N-dealkylation sites (tertiary alicyclic amines) is 1. The Morgan fingerprint density at radius 2 is 2.28 bits per heavy atom. The molecule has 2 atom stereocenters. The third kappa shape index (κ3) is 2.60. The molecule has 2 rings (SSSR count). The average molecular weight is 270 g/mol. The van der Waals surface area contributed by atoms with E-state index in [-0.39, 0.29) is 17.6 Å². The van der Waals surface area contributed by atoms with Crippen molar-refractivity contribution in [3.63, 3.8) is 0 Å². The first kappa shape index (κ1) is 13.2. The minimum atomic E-state index is -0.414. The monoisotopic (exact) mass is 269 g/mol. The topological polar surface area (TPSA) is 60.8 Å². The summed E-state index contributed by atoms with van der Waals surface area (Å²) in [6, 6.07) is 4.33. The number of nitrogens with zero attached hydrogens (tertiary/aromatic N) is 1. The third-order valence-corrected chi connectivity index (χ3v) is 3.70. The summed E-state index contributed by atoms with van der Waals surface area (Å²) in [4.78, 5) is 13.9. The summed E-state index contributed by atoms with van der Waals surface area (Å²) in [6.07, 6.45) is 0.377. The van der Waals surface area contributed by atoms with Crippen molar-refractivity contribution in [1.29, 1.82) is 0 Å². The number of carbonyl (C=O) groups is 1. The van der Waals surface area contributed by atoms with Crippen molar-refractivity contribution in [1.82, 2.24) is 4.90 Å². The number of aliphatic hydroxyl groups excluding tert-OH is 1. The molecule has 0 aliphatic carbocycles. The fraction of sp³-hybridized carbons (Fsp3) is 0.462. The Balaban J connectivity index is 2.15. The number of amides is 1. The SMILES string of the molecule is CC(O)C1CCN(C(=O)c2cc(O)ccc2Cl)C1. The number of halogens is 1. The fourth-order valence-electron chi connectivity index (χ4n) is 2.21. The number of hydrogen-bond acceptors (Lipinski definition) is 3. The highest BCUT2D eigenvalue weighted by Gasteiger charge is 2.30. The van der Waals surface area contributed by atoms with E-state index in [2.05, 4.69) is 0 Å². The van der Waals surface area contributed by atoms with Crippen LogP contribution in [0.1, 0.15) is 23.7 Å². The minimum absolute atomic E-state index is 0.0222. The maximum absolute atomic E-state index is 12.2. The van der Waals surface area contributed by atoms with Crippen LogP contribution in [0, 0.1) is 5.92 Å². The van der Waals surface area contributed by atoms with Crippen LogP contribution < -0.4 is 0 Å². The van der Waals surface area contributed by atoms with E-state index in [1.165, 1.54) is 18.2 Å². The summed E-state index contributed by atoms with van der Waals surface area (Å²) in [7, 11) is 0. The highest BCUT2D eigenvalue weighted by Crippen LogP contribution is 2.26. The van der Waals surface area contributed by atoms with Gasteiger partial charge in [0.25, 0.3) is 5.91 Å². The molecule has 1 aliphatic rings. The molecule has 2 unspecified atom stereocenters. The van der Waals surface area contributed by atoms with Gasteiger partial charge in [-0.1, -0.05) is 11.6 Å². The first-order chi connectivity index (χ1) is 8.49. The van der Waals surface area contributed by atoms with E-state index in [1.807, 2.05) is 0 Å². The summed E-state index contributed by atoms with van der Waals surface area (Å²) in [5.41, 5.74) is 0.308. The van der Waals surface area contributed by atoms with Crippen molar-refractivity contribution < 1.29 is 15.0 Å². The maximum atomic E-state index is 12.2. The van der Waals surface area contributed by atoms with Crippen LogP contribution in [0.25, 0.3) is 0 Å². The Bertz CT molecular complexity index is 462. The zero-order valence-electron chi connectivity index (χ0n) is 10.1. The molecule has 1 aromatic rings. The number of rotatable bonds is 2. The molecule has 0 spiro atoms. The minimum Gasteiger partial charge on any atom is -0.508 e. The van der Waals surface area contributed by atoms with E-state index in [4.69, 9.17) is 11.6 Å². The van der Waals surface area contributed by atoms with Gasteiger partial charge in [0.1, 0.15) is 5.75 Å². The largest absolute Gasteiger partial charge is 0.508 e. The highest BCUT2D eigenvalue weighted by atomic mass is 35.5. The molecule has 1 heterocycles. The Morgan fingerprint density at radius 1 is 1.56 bits per heavy atom. The van der Waals surface area contributed by atoms with Crippen LogP contribution in [0.5, 0.6) is 5.75 Å². The van der Waals surface area contributed by atoms with Crippen molar-refractivity contribution in [2.24, 2.45) is 5.92 Å². The predicted octanol–water partition coefficient (Wildman–Crippen LogP) is 1.89. The molecule has 4 nitrogen and oxygen atoms in total. The van der Waals surface area contributed by atoms with Crippen LogP contribution in [0.4, 0.5) is 0 Å². The van der Waals surface area contributed by atoms with Gasteiger partial charge in [-0.25, -0.2) is 0 Å². The number of hydrogen-bond donors (Lipinski definition) is 2. The lowest BCUT2D eigenvalue weighted by atomic mass is 10.0. The smallest absolute Gasteiger partial charge is 0.255 e. The molecule has 1 aromatic carbocycles. The van der Waals surface area contributed by atoms with Crippen LogP contribution in [0.15, 0.2) is 18.2 Å². The van der Waals surface area contributed by atoms with Crippen LogP contribution in [0.3, 0.4) is 0 Å². The van der Waals surface area contributed by atoms with Gasteiger partial charge < -0.3 is 15.1 Å². The van der Waals surface area contributed by atoms with Crippen molar-refractivity contribution in [3.05, 3.63) is 28.8 Å². The molecule has 98 valence electrons. The van der Waals surface area contributed by atoms with Gasteiger partial charge in [-0.15, -0.1) is 0 Å². The van der Waals surface area contributed by atoms with Crippen LogP contribution in [-0.4, -0.2) is 40.2 Å². The van der Waals surface area contributed by atoms with Gasteiger partial charge in [-0.3, -0.25) is 4.79 Å². The predicted molar refractivity (Wildman–Crippen MR) is 68.8 cm³/mol. The van der Waals surface area contributed by atoms with Gasteiger partial charge in [0.2, 0.25) is 0 Å². The summed E-state index contributed by atoms with van der Waals surface area (Å²) in [5.74, 6) is -0.0573.